The number of H-pyrrole nitrogens is 1. The van der Waals surface area contributed by atoms with Crippen LogP contribution in [0, 0.1) is 6.92 Å². The normalized spacial score (nSPS) is 23.4. The summed E-state index contributed by atoms with van der Waals surface area (Å²) in [5.41, 5.74) is -1.30. The zero-order chi connectivity index (χ0) is 27.5. The molecule has 0 saturated carbocycles. The van der Waals surface area contributed by atoms with E-state index in [1.807, 2.05) is 0 Å². The van der Waals surface area contributed by atoms with Crippen LogP contribution in [-0.4, -0.2) is 55.9 Å². The molecule has 3 rings (SSSR count). The number of nitrogens with one attached hydrogen (secondary N) is 2. The van der Waals surface area contributed by atoms with Gasteiger partial charge in [0.25, 0.3) is 5.56 Å². The summed E-state index contributed by atoms with van der Waals surface area (Å²) < 4.78 is 34.4. The molecule has 0 bridgehead atoms. The quantitative estimate of drug-likeness (QED) is 0.217. The standard InChI is InChI=1S/C22H28Cl2N3O9P/c1-12(2)34-19(30)14(4)26-37(32,36-15-8-6-5-7-9-15)33-11-16-17(28)22(23,24)20(35-16)27-10-13(3)18(29)25-21(27)31/h5-10,12,14,16-17,20,28H,11H2,1-4H3,(H,26,32)(H,25,29,31). The fourth-order valence-electron chi connectivity index (χ4n) is 3.37. The zero-order valence-electron chi connectivity index (χ0n) is 20.4. The summed E-state index contributed by atoms with van der Waals surface area (Å²) in [6.07, 6.45) is -3.55. The molecule has 204 valence electrons. The number of nitrogens with zero attached hydrogens (tertiary/aromatic N) is 1. The number of carbonyl (C=O) groups excluding carboxylic acids is 1. The Morgan fingerprint density at radius 1 is 1.27 bits per heavy atom. The van der Waals surface area contributed by atoms with Gasteiger partial charge in [-0.2, -0.15) is 5.09 Å². The van der Waals surface area contributed by atoms with Crippen LogP contribution in [0.15, 0.2) is 46.1 Å². The molecular weight excluding hydrogens is 552 g/mol. The molecule has 5 unspecified atom stereocenters. The Bertz CT molecular complexity index is 1270. The van der Waals surface area contributed by atoms with Crippen LogP contribution in [0.25, 0.3) is 0 Å². The third kappa shape index (κ3) is 7.02. The molecule has 1 aromatic heterocycles. The number of aryl methyl sites for hydroxylation is 1. The minimum absolute atomic E-state index is 0.174. The van der Waals surface area contributed by atoms with E-state index in [1.165, 1.54) is 32.2 Å². The Morgan fingerprint density at radius 3 is 2.54 bits per heavy atom. The van der Waals surface area contributed by atoms with Crippen LogP contribution in [-0.2, 0) is 23.4 Å². The summed E-state index contributed by atoms with van der Waals surface area (Å²) in [4.78, 5) is 38.5. The van der Waals surface area contributed by atoms with Crippen molar-refractivity contribution >= 4 is 36.9 Å². The minimum Gasteiger partial charge on any atom is -0.462 e. The van der Waals surface area contributed by atoms with Crippen LogP contribution in [0.2, 0.25) is 0 Å². The summed E-state index contributed by atoms with van der Waals surface area (Å²) in [5.74, 6) is -0.520. The number of para-hydroxylation sites is 1. The van der Waals surface area contributed by atoms with Crippen molar-refractivity contribution in [2.75, 3.05) is 6.61 Å². The maximum atomic E-state index is 13.6. The van der Waals surface area contributed by atoms with E-state index in [1.54, 1.807) is 32.0 Å². The molecule has 5 atom stereocenters. The number of aromatic nitrogens is 2. The smallest absolute Gasteiger partial charge is 0.459 e. The number of hydrogen-bond donors (Lipinski definition) is 3. The first-order valence-corrected chi connectivity index (χ1v) is 13.5. The predicted molar refractivity (Wildman–Crippen MR) is 135 cm³/mol. The second-order valence-corrected chi connectivity index (χ2v) is 11.8. The highest BCUT2D eigenvalue weighted by Gasteiger charge is 2.56. The third-order valence-electron chi connectivity index (χ3n) is 5.21. The lowest BCUT2D eigenvalue weighted by Crippen LogP contribution is -2.42. The Labute approximate surface area is 222 Å². The molecule has 1 aliphatic rings. The molecule has 1 saturated heterocycles. The van der Waals surface area contributed by atoms with Crippen molar-refractivity contribution in [2.45, 2.75) is 62.6 Å². The monoisotopic (exact) mass is 579 g/mol. The van der Waals surface area contributed by atoms with E-state index in [-0.39, 0.29) is 11.3 Å². The average Bonchev–Trinajstić information content (AvgIpc) is 3.03. The number of rotatable bonds is 10. The van der Waals surface area contributed by atoms with Gasteiger partial charge in [-0.05, 0) is 39.8 Å². The maximum Gasteiger partial charge on any atom is 0.459 e. The lowest BCUT2D eigenvalue weighted by molar-refractivity contribution is -0.149. The molecule has 1 fully saturated rings. The summed E-state index contributed by atoms with van der Waals surface area (Å²) in [5, 5.41) is 13.2. The van der Waals surface area contributed by atoms with Crippen LogP contribution in [0.4, 0.5) is 0 Å². The van der Waals surface area contributed by atoms with E-state index in [9.17, 15) is 24.1 Å². The van der Waals surface area contributed by atoms with Gasteiger partial charge in [0.1, 0.15) is 24.0 Å². The third-order valence-corrected chi connectivity index (χ3v) is 7.68. The van der Waals surface area contributed by atoms with E-state index in [4.69, 9.17) is 41.7 Å². The molecule has 3 N–H and O–H groups in total. The van der Waals surface area contributed by atoms with Gasteiger partial charge in [-0.3, -0.25) is 23.7 Å². The van der Waals surface area contributed by atoms with Gasteiger partial charge in [-0.15, -0.1) is 0 Å². The van der Waals surface area contributed by atoms with Crippen molar-refractivity contribution in [2.24, 2.45) is 0 Å². The number of hydrogen-bond acceptors (Lipinski definition) is 9. The number of aromatic amines is 1. The first-order chi connectivity index (χ1) is 17.2. The van der Waals surface area contributed by atoms with Crippen molar-refractivity contribution in [3.63, 3.8) is 0 Å². The Hall–Kier alpha value is -2.18. The van der Waals surface area contributed by atoms with Gasteiger partial charge < -0.3 is 19.1 Å². The Kier molecular flexibility index (Phi) is 9.28. The first-order valence-electron chi connectivity index (χ1n) is 11.2. The van der Waals surface area contributed by atoms with Gasteiger partial charge in [0, 0.05) is 11.8 Å². The number of ether oxygens (including phenoxy) is 2. The molecule has 37 heavy (non-hydrogen) atoms. The largest absolute Gasteiger partial charge is 0.462 e. The van der Waals surface area contributed by atoms with Crippen LogP contribution < -0.4 is 20.9 Å². The first kappa shape index (κ1) is 29.4. The van der Waals surface area contributed by atoms with E-state index >= 15 is 0 Å². The van der Waals surface area contributed by atoms with E-state index in [0.717, 1.165) is 4.57 Å². The second-order valence-electron chi connectivity index (χ2n) is 8.66. The molecule has 2 aromatic rings. The van der Waals surface area contributed by atoms with E-state index in [0.29, 0.717) is 0 Å². The lowest BCUT2D eigenvalue weighted by Gasteiger charge is -2.25. The van der Waals surface area contributed by atoms with Crippen LogP contribution in [0.1, 0.15) is 32.6 Å². The van der Waals surface area contributed by atoms with Crippen LogP contribution in [0.3, 0.4) is 0 Å². The average molecular weight is 580 g/mol. The fourth-order valence-corrected chi connectivity index (χ4v) is 5.47. The van der Waals surface area contributed by atoms with Gasteiger partial charge in [-0.25, -0.2) is 9.36 Å². The Balaban J connectivity index is 1.82. The maximum absolute atomic E-state index is 13.6. The zero-order valence-corrected chi connectivity index (χ0v) is 22.8. The minimum atomic E-state index is -4.28. The lowest BCUT2D eigenvalue weighted by atomic mass is 10.1. The molecule has 12 nitrogen and oxygen atoms in total. The number of halogens is 2. The topological polar surface area (TPSA) is 158 Å². The van der Waals surface area contributed by atoms with Gasteiger partial charge in [0.2, 0.25) is 0 Å². The number of benzene rings is 1. The van der Waals surface area contributed by atoms with Crippen LogP contribution >= 0.6 is 30.9 Å². The van der Waals surface area contributed by atoms with E-state index < -0.39 is 66.5 Å². The Morgan fingerprint density at radius 2 is 1.92 bits per heavy atom. The van der Waals surface area contributed by atoms with E-state index in [2.05, 4.69) is 10.1 Å². The highest BCUT2D eigenvalue weighted by molar-refractivity contribution is 7.52. The number of esters is 1. The molecule has 15 heteroatoms. The van der Waals surface area contributed by atoms with Gasteiger partial charge >= 0.3 is 19.4 Å². The van der Waals surface area contributed by atoms with Crippen molar-refractivity contribution in [1.82, 2.24) is 14.6 Å². The molecule has 0 spiro atoms. The predicted octanol–water partition coefficient (Wildman–Crippen LogP) is 2.41. The van der Waals surface area contributed by atoms with Crippen molar-refractivity contribution in [3.8, 4) is 5.75 Å². The SMILES string of the molecule is Cc1cn(C2OC(COP(=O)(NC(C)C(=O)OC(C)C)Oc3ccccc3)C(O)C2(Cl)Cl)c(=O)[nH]c1=O. The van der Waals surface area contributed by atoms with Crippen molar-refractivity contribution in [3.05, 3.63) is 62.9 Å². The second kappa shape index (κ2) is 11.7. The molecule has 0 radical (unpaired) electrons. The molecule has 0 amide bonds. The summed E-state index contributed by atoms with van der Waals surface area (Å²) in [6, 6.07) is 6.96. The van der Waals surface area contributed by atoms with Gasteiger partial charge in [0.05, 0.1) is 12.7 Å². The number of aliphatic hydroxyl groups excluding tert-OH is 1. The van der Waals surface area contributed by atoms with Gasteiger partial charge in [-0.1, -0.05) is 41.4 Å². The highest BCUT2D eigenvalue weighted by Crippen LogP contribution is 2.49. The summed E-state index contributed by atoms with van der Waals surface area (Å²) >= 11 is 12.7. The molecule has 1 aromatic carbocycles. The fraction of sp³-hybridized carbons (Fsp3) is 0.500. The molecule has 1 aliphatic heterocycles. The molecule has 0 aliphatic carbocycles. The summed E-state index contributed by atoms with van der Waals surface area (Å²) in [6.45, 7) is 5.63. The number of carbonyl (C=O) groups is 1. The number of alkyl halides is 2. The van der Waals surface area contributed by atoms with Crippen molar-refractivity contribution in [1.29, 1.82) is 0 Å². The molecule has 2 heterocycles. The number of aliphatic hydroxyl groups is 1. The van der Waals surface area contributed by atoms with Gasteiger partial charge in [0.15, 0.2) is 10.6 Å². The van der Waals surface area contributed by atoms with Crippen molar-refractivity contribution < 1.29 is 33.0 Å². The molecular formula is C22H28Cl2N3O9P. The summed E-state index contributed by atoms with van der Waals surface area (Å²) in [7, 11) is -4.28. The highest BCUT2D eigenvalue weighted by atomic mass is 35.5. The van der Waals surface area contributed by atoms with Crippen LogP contribution in [0.5, 0.6) is 5.75 Å².